The smallest absolute Gasteiger partial charge is 0.337 e. The molecule has 0 radical (unpaired) electrons. The third kappa shape index (κ3) is 3.53. The lowest BCUT2D eigenvalue weighted by molar-refractivity contribution is -0.147. The number of rotatable bonds is 6. The van der Waals surface area contributed by atoms with Crippen LogP contribution in [-0.4, -0.2) is 23.3 Å². The lowest BCUT2D eigenvalue weighted by atomic mass is 10.1. The van der Waals surface area contributed by atoms with Crippen LogP contribution in [0.5, 0.6) is 11.5 Å². The summed E-state index contributed by atoms with van der Waals surface area (Å²) in [7, 11) is 1.35. The zero-order chi connectivity index (χ0) is 16.1. The zero-order valence-electron chi connectivity index (χ0n) is 11.8. The van der Waals surface area contributed by atoms with E-state index >= 15 is 0 Å². The minimum atomic E-state index is -1.96. The number of methoxy groups -OCH3 is 1. The van der Waals surface area contributed by atoms with Gasteiger partial charge >= 0.3 is 5.97 Å². The first-order valence-electron chi connectivity index (χ1n) is 6.48. The van der Waals surface area contributed by atoms with Crippen LogP contribution in [0.4, 0.5) is 4.39 Å². The highest BCUT2D eigenvalue weighted by atomic mass is 19.1. The summed E-state index contributed by atoms with van der Waals surface area (Å²) >= 11 is 0. The highest BCUT2D eigenvalue weighted by Gasteiger charge is 2.23. The van der Waals surface area contributed by atoms with Gasteiger partial charge in [-0.05, 0) is 11.6 Å². The molecule has 1 atom stereocenters. The number of ether oxygens (including phenoxy) is 2. The van der Waals surface area contributed by atoms with E-state index in [9.17, 15) is 14.3 Å². The molecule has 0 spiro atoms. The van der Waals surface area contributed by atoms with Crippen LogP contribution in [0.25, 0.3) is 0 Å². The number of hydrogen-bond donors (Lipinski definition) is 2. The molecule has 0 aliphatic heterocycles. The summed E-state index contributed by atoms with van der Waals surface area (Å²) in [4.78, 5) is 10.8. The Hall–Kier alpha value is -2.60. The Balaban J connectivity index is 2.25. The number of hydrogen-bond acceptors (Lipinski definition) is 4. The number of halogens is 1. The average molecular weight is 306 g/mol. The topological polar surface area (TPSA) is 76.0 Å². The van der Waals surface area contributed by atoms with Gasteiger partial charge in [0.15, 0.2) is 17.6 Å². The third-order valence-corrected chi connectivity index (χ3v) is 3.05. The van der Waals surface area contributed by atoms with Crippen molar-refractivity contribution in [1.82, 2.24) is 0 Å². The third-order valence-electron chi connectivity index (χ3n) is 3.05. The molecule has 116 valence electrons. The molecular weight excluding hydrogens is 291 g/mol. The Morgan fingerprint density at radius 3 is 2.50 bits per heavy atom. The van der Waals surface area contributed by atoms with E-state index < -0.39 is 17.9 Å². The summed E-state index contributed by atoms with van der Waals surface area (Å²) in [6, 6.07) is 11.4. The van der Waals surface area contributed by atoms with Crippen molar-refractivity contribution in [2.45, 2.75) is 12.7 Å². The van der Waals surface area contributed by atoms with Gasteiger partial charge in [0.25, 0.3) is 0 Å². The van der Waals surface area contributed by atoms with E-state index in [0.29, 0.717) is 0 Å². The van der Waals surface area contributed by atoms with Gasteiger partial charge in [-0.1, -0.05) is 30.3 Å². The van der Waals surface area contributed by atoms with Crippen LogP contribution in [0, 0.1) is 5.82 Å². The molecule has 0 amide bonds. The monoisotopic (exact) mass is 306 g/mol. The number of benzene rings is 2. The fourth-order valence-electron chi connectivity index (χ4n) is 1.90. The second-order valence-corrected chi connectivity index (χ2v) is 4.54. The van der Waals surface area contributed by atoms with Crippen molar-refractivity contribution in [3.63, 3.8) is 0 Å². The van der Waals surface area contributed by atoms with Crippen LogP contribution in [0.15, 0.2) is 42.5 Å². The van der Waals surface area contributed by atoms with Crippen molar-refractivity contribution in [1.29, 1.82) is 0 Å². The first-order valence-corrected chi connectivity index (χ1v) is 6.48. The number of aliphatic hydroxyl groups excluding tert-OH is 1. The number of carboxylic acid groups (broad SMARTS) is 1. The summed E-state index contributed by atoms with van der Waals surface area (Å²) in [5.74, 6) is -2.14. The molecule has 0 aliphatic rings. The van der Waals surface area contributed by atoms with E-state index in [4.69, 9.17) is 14.6 Å². The Morgan fingerprint density at radius 2 is 1.91 bits per heavy atom. The quantitative estimate of drug-likeness (QED) is 0.857. The van der Waals surface area contributed by atoms with E-state index in [-0.39, 0.29) is 23.7 Å². The molecule has 2 rings (SSSR count). The predicted molar refractivity (Wildman–Crippen MR) is 76.3 cm³/mol. The molecule has 2 N–H and O–H groups in total. The molecule has 0 aromatic heterocycles. The Labute approximate surface area is 126 Å². The second-order valence-electron chi connectivity index (χ2n) is 4.54. The molecule has 2 aromatic carbocycles. The summed E-state index contributed by atoms with van der Waals surface area (Å²) in [6.07, 6.45) is -1.96. The van der Waals surface area contributed by atoms with Gasteiger partial charge in [0.1, 0.15) is 12.4 Å². The summed E-state index contributed by atoms with van der Waals surface area (Å²) in [5.41, 5.74) is 0.510. The molecule has 0 bridgehead atoms. The van der Waals surface area contributed by atoms with Crippen molar-refractivity contribution >= 4 is 5.97 Å². The molecular formula is C16H15FO5. The first kappa shape index (κ1) is 15.8. The van der Waals surface area contributed by atoms with Gasteiger partial charge in [-0.2, -0.15) is 0 Å². The second kappa shape index (κ2) is 6.91. The first-order chi connectivity index (χ1) is 10.5. The van der Waals surface area contributed by atoms with E-state index in [1.807, 2.05) is 30.3 Å². The van der Waals surface area contributed by atoms with Gasteiger partial charge < -0.3 is 19.7 Å². The maximum atomic E-state index is 13.9. The standard InChI is InChI=1S/C16H15FO5/c1-21-13-7-11(15(18)16(19)20)12(17)8-14(13)22-9-10-5-3-2-4-6-10/h2-8,15,18H,9H2,1H3,(H,19,20). The van der Waals surface area contributed by atoms with Crippen molar-refractivity contribution in [2.24, 2.45) is 0 Å². The van der Waals surface area contributed by atoms with E-state index in [1.54, 1.807) is 0 Å². The van der Waals surface area contributed by atoms with Crippen LogP contribution in [0.1, 0.15) is 17.2 Å². The van der Waals surface area contributed by atoms with Crippen molar-refractivity contribution < 1.29 is 28.9 Å². The van der Waals surface area contributed by atoms with Crippen molar-refractivity contribution in [3.05, 3.63) is 59.4 Å². The van der Waals surface area contributed by atoms with E-state index in [1.165, 1.54) is 7.11 Å². The fraction of sp³-hybridized carbons (Fsp3) is 0.188. The Bertz CT molecular complexity index is 657. The van der Waals surface area contributed by atoms with Gasteiger partial charge in [-0.15, -0.1) is 0 Å². The fourth-order valence-corrected chi connectivity index (χ4v) is 1.90. The number of carbonyl (C=O) groups is 1. The molecule has 22 heavy (non-hydrogen) atoms. The van der Waals surface area contributed by atoms with Crippen LogP contribution in [0.2, 0.25) is 0 Å². The van der Waals surface area contributed by atoms with Gasteiger partial charge in [0, 0.05) is 11.6 Å². The van der Waals surface area contributed by atoms with Crippen molar-refractivity contribution in [3.8, 4) is 11.5 Å². The Kier molecular flexibility index (Phi) is 4.95. The van der Waals surface area contributed by atoms with Gasteiger partial charge in [-0.25, -0.2) is 9.18 Å². The van der Waals surface area contributed by atoms with Crippen LogP contribution >= 0.6 is 0 Å². The number of carboxylic acids is 1. The Morgan fingerprint density at radius 1 is 1.23 bits per heavy atom. The minimum absolute atomic E-state index is 0.130. The molecule has 0 aliphatic carbocycles. The lowest BCUT2D eigenvalue weighted by Crippen LogP contribution is -2.12. The number of aliphatic hydroxyl groups is 1. The van der Waals surface area contributed by atoms with Crippen LogP contribution in [-0.2, 0) is 11.4 Å². The average Bonchev–Trinajstić information content (AvgIpc) is 2.53. The maximum absolute atomic E-state index is 13.9. The van der Waals surface area contributed by atoms with Gasteiger partial charge in [0.05, 0.1) is 7.11 Å². The zero-order valence-corrected chi connectivity index (χ0v) is 11.8. The minimum Gasteiger partial charge on any atom is -0.493 e. The van der Waals surface area contributed by atoms with Gasteiger partial charge in [0.2, 0.25) is 0 Å². The summed E-state index contributed by atoms with van der Waals surface area (Å²) in [6.45, 7) is 0.206. The van der Waals surface area contributed by atoms with Crippen LogP contribution < -0.4 is 9.47 Å². The molecule has 2 aromatic rings. The van der Waals surface area contributed by atoms with E-state index in [0.717, 1.165) is 17.7 Å². The molecule has 0 saturated heterocycles. The highest BCUT2D eigenvalue weighted by Crippen LogP contribution is 2.33. The lowest BCUT2D eigenvalue weighted by Gasteiger charge is -2.14. The molecule has 0 heterocycles. The molecule has 6 heteroatoms. The molecule has 0 saturated carbocycles. The summed E-state index contributed by atoms with van der Waals surface area (Å²) in [5, 5.41) is 18.2. The summed E-state index contributed by atoms with van der Waals surface area (Å²) < 4.78 is 24.5. The SMILES string of the molecule is COc1cc(C(O)C(=O)O)c(F)cc1OCc1ccccc1. The van der Waals surface area contributed by atoms with E-state index in [2.05, 4.69) is 0 Å². The molecule has 1 unspecified atom stereocenters. The predicted octanol–water partition coefficient (Wildman–Crippen LogP) is 2.53. The van der Waals surface area contributed by atoms with Crippen LogP contribution in [0.3, 0.4) is 0 Å². The maximum Gasteiger partial charge on any atom is 0.337 e. The largest absolute Gasteiger partial charge is 0.493 e. The molecule has 5 nitrogen and oxygen atoms in total. The molecule has 0 fully saturated rings. The van der Waals surface area contributed by atoms with Gasteiger partial charge in [-0.3, -0.25) is 0 Å². The number of aliphatic carboxylic acids is 1. The normalized spacial score (nSPS) is 11.8. The highest BCUT2D eigenvalue weighted by molar-refractivity contribution is 5.74. The van der Waals surface area contributed by atoms with Crippen molar-refractivity contribution in [2.75, 3.05) is 7.11 Å².